The molecule has 0 spiro atoms. The first kappa shape index (κ1) is 11.4. The maximum atomic E-state index is 9.29. The maximum Gasteiger partial charge on any atom is 0.125 e. The van der Waals surface area contributed by atoms with E-state index in [2.05, 4.69) is 6.07 Å². The zero-order chi connectivity index (χ0) is 11.6. The Hall–Kier alpha value is -1.06. The van der Waals surface area contributed by atoms with E-state index in [1.807, 2.05) is 26.0 Å². The summed E-state index contributed by atoms with van der Waals surface area (Å²) < 4.78 is 10.9. The predicted octanol–water partition coefficient (Wildman–Crippen LogP) is 1.49. The molecule has 0 atom stereocenters. The first-order valence-electron chi connectivity index (χ1n) is 5.46. The lowest BCUT2D eigenvalue weighted by atomic mass is 9.88. The van der Waals surface area contributed by atoms with Crippen LogP contribution in [0.4, 0.5) is 0 Å². The van der Waals surface area contributed by atoms with Crippen LogP contribution in [0.15, 0.2) is 12.1 Å². The van der Waals surface area contributed by atoms with Crippen molar-refractivity contribution < 1.29 is 14.6 Å². The van der Waals surface area contributed by atoms with Gasteiger partial charge in [0.2, 0.25) is 0 Å². The van der Waals surface area contributed by atoms with E-state index in [1.54, 1.807) is 0 Å². The van der Waals surface area contributed by atoms with Crippen LogP contribution in [0.25, 0.3) is 0 Å². The van der Waals surface area contributed by atoms with Crippen molar-refractivity contribution in [1.29, 1.82) is 0 Å². The van der Waals surface area contributed by atoms with Crippen molar-refractivity contribution in [3.8, 4) is 5.75 Å². The Morgan fingerprint density at radius 3 is 2.44 bits per heavy atom. The van der Waals surface area contributed by atoms with Gasteiger partial charge >= 0.3 is 0 Å². The van der Waals surface area contributed by atoms with Crippen LogP contribution in [-0.4, -0.2) is 31.5 Å². The van der Waals surface area contributed by atoms with E-state index in [1.165, 1.54) is 0 Å². The highest BCUT2D eigenvalue weighted by Gasteiger charge is 2.39. The minimum absolute atomic E-state index is 0.115. The van der Waals surface area contributed by atoms with Crippen molar-refractivity contribution in [3.05, 3.63) is 29.3 Å². The Bertz CT molecular complexity index is 344. The molecule has 0 unspecified atom stereocenters. The second-order valence-electron chi connectivity index (χ2n) is 4.59. The van der Waals surface area contributed by atoms with Gasteiger partial charge in [-0.1, -0.05) is 0 Å². The summed E-state index contributed by atoms with van der Waals surface area (Å²) in [6.45, 7) is 5.80. The quantitative estimate of drug-likeness (QED) is 0.837. The number of rotatable bonds is 4. The van der Waals surface area contributed by atoms with E-state index < -0.39 is 0 Å². The van der Waals surface area contributed by atoms with Crippen LogP contribution < -0.4 is 4.74 Å². The van der Waals surface area contributed by atoms with Gasteiger partial charge in [-0.3, -0.25) is 0 Å². The molecule has 0 bridgehead atoms. The van der Waals surface area contributed by atoms with Gasteiger partial charge in [-0.2, -0.15) is 0 Å². The van der Waals surface area contributed by atoms with Gasteiger partial charge in [0.15, 0.2) is 0 Å². The molecule has 3 heteroatoms. The number of aliphatic hydroxyl groups excluding tert-OH is 1. The van der Waals surface area contributed by atoms with Crippen molar-refractivity contribution in [2.24, 2.45) is 5.41 Å². The van der Waals surface area contributed by atoms with E-state index in [4.69, 9.17) is 9.47 Å². The van der Waals surface area contributed by atoms with Crippen LogP contribution in [0.1, 0.15) is 11.1 Å². The van der Waals surface area contributed by atoms with Crippen molar-refractivity contribution >= 4 is 0 Å². The second kappa shape index (κ2) is 4.44. The van der Waals surface area contributed by atoms with Crippen LogP contribution in [-0.2, 0) is 4.74 Å². The minimum Gasteiger partial charge on any atom is -0.492 e. The maximum absolute atomic E-state index is 9.29. The fourth-order valence-corrected chi connectivity index (χ4v) is 1.80. The molecule has 0 amide bonds. The Morgan fingerprint density at radius 2 is 2.00 bits per heavy atom. The van der Waals surface area contributed by atoms with Crippen molar-refractivity contribution in [1.82, 2.24) is 0 Å². The zero-order valence-electron chi connectivity index (χ0n) is 9.75. The average Bonchev–Trinajstić information content (AvgIpc) is 2.20. The molecule has 1 radical (unpaired) electrons. The van der Waals surface area contributed by atoms with E-state index in [0.29, 0.717) is 19.8 Å². The Balaban J connectivity index is 2.04. The van der Waals surface area contributed by atoms with E-state index in [-0.39, 0.29) is 12.0 Å². The molecule has 0 saturated carbocycles. The predicted molar refractivity (Wildman–Crippen MR) is 60.6 cm³/mol. The standard InChI is InChI=1S/C13H17O3/c1-10-4-3-5-11(2)12(10)16-9-13(6-14)7-15-8-13/h4-5,14H,6-9H2,1-2H3. The van der Waals surface area contributed by atoms with Crippen molar-refractivity contribution in [2.45, 2.75) is 13.8 Å². The lowest BCUT2D eigenvalue weighted by Gasteiger charge is -2.39. The van der Waals surface area contributed by atoms with Gasteiger partial charge < -0.3 is 14.6 Å². The highest BCUT2D eigenvalue weighted by atomic mass is 16.5. The molecule has 16 heavy (non-hydrogen) atoms. The smallest absolute Gasteiger partial charge is 0.125 e. The number of aliphatic hydroxyl groups is 1. The average molecular weight is 221 g/mol. The molecule has 1 heterocycles. The molecular weight excluding hydrogens is 204 g/mol. The molecule has 3 nitrogen and oxygen atoms in total. The molecule has 1 N–H and O–H groups in total. The van der Waals surface area contributed by atoms with Gasteiger partial charge in [-0.15, -0.1) is 0 Å². The van der Waals surface area contributed by atoms with Gasteiger partial charge in [-0.25, -0.2) is 0 Å². The summed E-state index contributed by atoms with van der Waals surface area (Å²) in [5.74, 6) is 0.901. The Labute approximate surface area is 96.0 Å². The van der Waals surface area contributed by atoms with Crippen molar-refractivity contribution in [2.75, 3.05) is 26.4 Å². The summed E-state index contributed by atoms with van der Waals surface area (Å²) in [5, 5.41) is 9.29. The van der Waals surface area contributed by atoms with Gasteiger partial charge in [0.1, 0.15) is 12.4 Å². The summed E-state index contributed by atoms with van der Waals surface area (Å²) in [6.07, 6.45) is 0. The third-order valence-electron chi connectivity index (χ3n) is 2.99. The molecule has 87 valence electrons. The molecule has 1 aromatic carbocycles. The zero-order valence-corrected chi connectivity index (χ0v) is 9.75. The Morgan fingerprint density at radius 1 is 1.38 bits per heavy atom. The lowest BCUT2D eigenvalue weighted by molar-refractivity contribution is -0.153. The summed E-state index contributed by atoms with van der Waals surface area (Å²) in [7, 11) is 0. The monoisotopic (exact) mass is 221 g/mol. The summed E-state index contributed by atoms with van der Waals surface area (Å²) in [6, 6.07) is 6.87. The van der Waals surface area contributed by atoms with Crippen LogP contribution >= 0.6 is 0 Å². The molecule has 1 aliphatic heterocycles. The molecule has 1 saturated heterocycles. The molecule has 0 aliphatic carbocycles. The largest absolute Gasteiger partial charge is 0.492 e. The fraction of sp³-hybridized carbons (Fsp3) is 0.538. The Kier molecular flexibility index (Phi) is 3.17. The van der Waals surface area contributed by atoms with Gasteiger partial charge in [0.05, 0.1) is 25.2 Å². The molecule has 1 fully saturated rings. The normalized spacial score (nSPS) is 17.9. The van der Waals surface area contributed by atoms with Crippen LogP contribution in [0.3, 0.4) is 0 Å². The number of benzene rings is 1. The summed E-state index contributed by atoms with van der Waals surface area (Å²) in [4.78, 5) is 0. The number of ether oxygens (including phenoxy) is 2. The summed E-state index contributed by atoms with van der Waals surface area (Å²) in [5.41, 5.74) is 1.96. The van der Waals surface area contributed by atoms with Gasteiger partial charge in [0, 0.05) is 0 Å². The van der Waals surface area contributed by atoms with Crippen LogP contribution in [0.2, 0.25) is 0 Å². The number of hydrogen-bond acceptors (Lipinski definition) is 3. The van der Waals surface area contributed by atoms with Crippen LogP contribution in [0, 0.1) is 25.3 Å². The second-order valence-corrected chi connectivity index (χ2v) is 4.59. The third kappa shape index (κ3) is 2.06. The summed E-state index contributed by atoms with van der Waals surface area (Å²) >= 11 is 0. The van der Waals surface area contributed by atoms with Crippen molar-refractivity contribution in [3.63, 3.8) is 0 Å². The number of aryl methyl sites for hydroxylation is 2. The fourth-order valence-electron chi connectivity index (χ4n) is 1.80. The SMILES string of the molecule is Cc1c[c]cc(C)c1OCC1(CO)COC1. The third-order valence-corrected chi connectivity index (χ3v) is 2.99. The van der Waals surface area contributed by atoms with E-state index >= 15 is 0 Å². The number of hydrogen-bond donors (Lipinski definition) is 1. The molecule has 0 aromatic heterocycles. The highest BCUT2D eigenvalue weighted by molar-refractivity contribution is 5.39. The highest BCUT2D eigenvalue weighted by Crippen LogP contribution is 2.30. The minimum atomic E-state index is -0.196. The van der Waals surface area contributed by atoms with Crippen LogP contribution in [0.5, 0.6) is 5.75 Å². The topological polar surface area (TPSA) is 38.7 Å². The van der Waals surface area contributed by atoms with Gasteiger partial charge in [0.25, 0.3) is 0 Å². The molecule has 1 aromatic rings. The first-order valence-corrected chi connectivity index (χ1v) is 5.46. The van der Waals surface area contributed by atoms with Gasteiger partial charge in [-0.05, 0) is 43.2 Å². The molecule has 1 aliphatic rings. The molecular formula is C13H17O3. The lowest BCUT2D eigenvalue weighted by Crippen LogP contribution is -2.50. The molecule has 2 rings (SSSR count). The first-order chi connectivity index (χ1) is 7.67. The van der Waals surface area contributed by atoms with E-state index in [0.717, 1.165) is 16.9 Å². The van der Waals surface area contributed by atoms with E-state index in [9.17, 15) is 5.11 Å².